The van der Waals surface area contributed by atoms with E-state index < -0.39 is 11.4 Å². The van der Waals surface area contributed by atoms with Gasteiger partial charge in [-0.15, -0.1) is 0 Å². The fourth-order valence-corrected chi connectivity index (χ4v) is 2.98. The predicted molar refractivity (Wildman–Crippen MR) is 70.1 cm³/mol. The number of hydrogen-bond acceptors (Lipinski definition) is 5. The zero-order valence-corrected chi connectivity index (χ0v) is 11.4. The molecule has 8 heteroatoms. The second-order valence-corrected chi connectivity index (χ2v) is 5.54. The molecule has 3 rings (SSSR count). The largest absolute Gasteiger partial charge is 0.441 e. The first-order valence-electron chi connectivity index (χ1n) is 6.48. The molecule has 1 saturated carbocycles. The molecule has 1 saturated heterocycles. The highest BCUT2D eigenvalue weighted by Crippen LogP contribution is 2.35. The molecule has 0 radical (unpaired) electrons. The van der Waals surface area contributed by atoms with Crippen LogP contribution in [0.2, 0.25) is 5.28 Å². The summed E-state index contributed by atoms with van der Waals surface area (Å²) in [4.78, 5) is 18.6. The molecule has 1 spiro atoms. The number of halogens is 2. The van der Waals surface area contributed by atoms with Crippen LogP contribution in [0.25, 0.3) is 0 Å². The van der Waals surface area contributed by atoms with E-state index in [9.17, 15) is 9.18 Å². The Balaban J connectivity index is 1.71. The third-order valence-corrected chi connectivity index (χ3v) is 3.91. The Morgan fingerprint density at radius 1 is 1.60 bits per heavy atom. The second-order valence-electron chi connectivity index (χ2n) is 5.20. The number of hydrogen-bond donors (Lipinski definition) is 2. The van der Waals surface area contributed by atoms with Gasteiger partial charge in [-0.25, -0.2) is 14.2 Å². The lowest BCUT2D eigenvalue weighted by atomic mass is 9.82. The minimum Gasteiger partial charge on any atom is -0.441 e. The molecule has 2 aliphatic rings. The number of aromatic nitrogens is 2. The summed E-state index contributed by atoms with van der Waals surface area (Å²) < 4.78 is 19.0. The van der Waals surface area contributed by atoms with Crippen LogP contribution in [0.5, 0.6) is 0 Å². The van der Waals surface area contributed by atoms with Crippen molar-refractivity contribution in [3.05, 3.63) is 17.3 Å². The van der Waals surface area contributed by atoms with Crippen LogP contribution in [-0.2, 0) is 4.74 Å². The van der Waals surface area contributed by atoms with Gasteiger partial charge in [0.15, 0.2) is 11.6 Å². The minimum atomic E-state index is -0.546. The molecule has 2 atom stereocenters. The van der Waals surface area contributed by atoms with E-state index in [4.69, 9.17) is 16.3 Å². The van der Waals surface area contributed by atoms with Crippen LogP contribution in [0.15, 0.2) is 6.20 Å². The average molecular weight is 301 g/mol. The molecule has 6 nitrogen and oxygen atoms in total. The Labute approximate surface area is 120 Å². The first-order chi connectivity index (χ1) is 9.56. The summed E-state index contributed by atoms with van der Waals surface area (Å²) in [5, 5.41) is 5.70. The summed E-state index contributed by atoms with van der Waals surface area (Å²) >= 11 is 5.67. The van der Waals surface area contributed by atoms with Gasteiger partial charge in [0.1, 0.15) is 5.60 Å². The standard InChI is InChI=1S/C12H14ClFN4O2/c13-10-15-5-8(14)9(18-10)17-7-2-1-3-12(4-7)6-16-11(19)20-12/h5,7H,1-4,6H2,(H,16,19)(H,15,17,18). The number of rotatable bonds is 2. The molecule has 2 heterocycles. The first-order valence-corrected chi connectivity index (χ1v) is 6.86. The highest BCUT2D eigenvalue weighted by Gasteiger charge is 2.44. The van der Waals surface area contributed by atoms with E-state index in [1.165, 1.54) is 0 Å². The van der Waals surface area contributed by atoms with Crippen LogP contribution in [0, 0.1) is 5.82 Å². The SMILES string of the molecule is O=C1NCC2(CCCC(Nc3nc(Cl)ncc3F)C2)O1. The smallest absolute Gasteiger partial charge is 0.407 e. The molecule has 2 N–H and O–H groups in total. The van der Waals surface area contributed by atoms with E-state index in [-0.39, 0.29) is 23.2 Å². The molecule has 2 fully saturated rings. The van der Waals surface area contributed by atoms with Gasteiger partial charge in [-0.2, -0.15) is 4.98 Å². The molecule has 108 valence electrons. The topological polar surface area (TPSA) is 76.1 Å². The van der Waals surface area contributed by atoms with E-state index in [1.54, 1.807) is 0 Å². The number of nitrogens with zero attached hydrogens (tertiary/aromatic N) is 2. The maximum Gasteiger partial charge on any atom is 0.407 e. The van der Waals surface area contributed by atoms with E-state index in [1.807, 2.05) is 0 Å². The van der Waals surface area contributed by atoms with Crippen LogP contribution < -0.4 is 10.6 Å². The highest BCUT2D eigenvalue weighted by molar-refractivity contribution is 6.28. The number of anilines is 1. The summed E-state index contributed by atoms with van der Waals surface area (Å²) in [5.74, 6) is -0.458. The van der Waals surface area contributed by atoms with Crippen molar-refractivity contribution in [3.8, 4) is 0 Å². The number of amides is 1. The molecule has 20 heavy (non-hydrogen) atoms. The van der Waals surface area contributed by atoms with Gasteiger partial charge in [-0.3, -0.25) is 0 Å². The second kappa shape index (κ2) is 5.05. The molecule has 1 amide bonds. The van der Waals surface area contributed by atoms with E-state index in [0.717, 1.165) is 25.5 Å². The normalized spacial score (nSPS) is 29.1. The Morgan fingerprint density at radius 3 is 3.20 bits per heavy atom. The predicted octanol–water partition coefficient (Wildman–Crippen LogP) is 2.10. The molecule has 1 aromatic heterocycles. The third-order valence-electron chi connectivity index (χ3n) is 3.72. The van der Waals surface area contributed by atoms with Crippen LogP contribution in [-0.4, -0.2) is 34.2 Å². The zero-order chi connectivity index (χ0) is 14.2. The van der Waals surface area contributed by atoms with Gasteiger partial charge in [-0.1, -0.05) is 0 Å². The van der Waals surface area contributed by atoms with Crippen molar-refractivity contribution >= 4 is 23.5 Å². The first kappa shape index (κ1) is 13.4. The van der Waals surface area contributed by atoms with Crippen LogP contribution in [0.4, 0.5) is 15.0 Å². The van der Waals surface area contributed by atoms with Crippen LogP contribution in [0.3, 0.4) is 0 Å². The van der Waals surface area contributed by atoms with Gasteiger partial charge >= 0.3 is 6.09 Å². The maximum atomic E-state index is 13.6. The Hall–Kier alpha value is -1.63. The van der Waals surface area contributed by atoms with E-state index in [2.05, 4.69) is 20.6 Å². The number of carbonyl (C=O) groups is 1. The van der Waals surface area contributed by atoms with Crippen molar-refractivity contribution < 1.29 is 13.9 Å². The van der Waals surface area contributed by atoms with Gasteiger partial charge in [-0.05, 0) is 30.9 Å². The van der Waals surface area contributed by atoms with E-state index in [0.29, 0.717) is 13.0 Å². The number of ether oxygens (including phenoxy) is 1. The lowest BCUT2D eigenvalue weighted by Crippen LogP contribution is -2.43. The van der Waals surface area contributed by atoms with Crippen molar-refractivity contribution in [1.29, 1.82) is 0 Å². The van der Waals surface area contributed by atoms with Gasteiger partial charge in [0.2, 0.25) is 5.28 Å². The summed E-state index contributed by atoms with van der Waals surface area (Å²) in [6.07, 6.45) is 3.84. The number of nitrogens with one attached hydrogen (secondary N) is 2. The Kier molecular flexibility index (Phi) is 3.37. The summed E-state index contributed by atoms with van der Waals surface area (Å²) in [6, 6.07) is -0.0167. The van der Waals surface area contributed by atoms with E-state index >= 15 is 0 Å². The summed E-state index contributed by atoms with van der Waals surface area (Å²) in [5.41, 5.74) is -0.486. The minimum absolute atomic E-state index is 0.00613. The Morgan fingerprint density at radius 2 is 2.45 bits per heavy atom. The molecule has 0 bridgehead atoms. The van der Waals surface area contributed by atoms with Gasteiger partial charge in [0.05, 0.1) is 12.7 Å². The summed E-state index contributed by atoms with van der Waals surface area (Å²) in [7, 11) is 0. The van der Waals surface area contributed by atoms with Gasteiger partial charge < -0.3 is 15.4 Å². The van der Waals surface area contributed by atoms with Crippen LogP contribution >= 0.6 is 11.6 Å². The van der Waals surface area contributed by atoms with Crippen LogP contribution in [0.1, 0.15) is 25.7 Å². The number of alkyl carbamates (subject to hydrolysis) is 1. The molecule has 0 aromatic carbocycles. The lowest BCUT2D eigenvalue weighted by Gasteiger charge is -2.36. The quantitative estimate of drug-likeness (QED) is 0.818. The zero-order valence-electron chi connectivity index (χ0n) is 10.7. The lowest BCUT2D eigenvalue weighted by molar-refractivity contribution is 0.0222. The fourth-order valence-electron chi connectivity index (χ4n) is 2.84. The molecule has 2 unspecified atom stereocenters. The average Bonchev–Trinajstić information content (AvgIpc) is 2.75. The van der Waals surface area contributed by atoms with Crippen molar-refractivity contribution in [2.75, 3.05) is 11.9 Å². The monoisotopic (exact) mass is 300 g/mol. The summed E-state index contributed by atoms with van der Waals surface area (Å²) in [6.45, 7) is 0.497. The van der Waals surface area contributed by atoms with Crippen molar-refractivity contribution in [3.63, 3.8) is 0 Å². The highest BCUT2D eigenvalue weighted by atomic mass is 35.5. The fraction of sp³-hybridized carbons (Fsp3) is 0.583. The third kappa shape index (κ3) is 2.63. The Bertz CT molecular complexity index is 544. The van der Waals surface area contributed by atoms with Gasteiger partial charge in [0.25, 0.3) is 0 Å². The molecule has 1 aromatic rings. The maximum absolute atomic E-state index is 13.6. The molecule has 1 aliphatic carbocycles. The molecule has 1 aliphatic heterocycles. The molecular weight excluding hydrogens is 287 g/mol. The van der Waals surface area contributed by atoms with Crippen molar-refractivity contribution in [1.82, 2.24) is 15.3 Å². The molecular formula is C12H14ClFN4O2. The van der Waals surface area contributed by atoms with Crippen molar-refractivity contribution in [2.45, 2.75) is 37.3 Å². The van der Waals surface area contributed by atoms with Crippen molar-refractivity contribution in [2.24, 2.45) is 0 Å². The van der Waals surface area contributed by atoms with Gasteiger partial charge in [0, 0.05) is 12.5 Å². The number of carbonyl (C=O) groups excluding carboxylic acids is 1.